The minimum Gasteiger partial charge on any atom is -0.264 e. The largest absolute Gasteiger partial charge is 0.264 e. The number of aryl methyl sites for hydroxylation is 2. The van der Waals surface area contributed by atoms with Crippen LogP contribution in [0.4, 0.5) is 0 Å². The Balaban J connectivity index is 0.000000400. The lowest BCUT2D eigenvalue weighted by Gasteiger charge is -2.18. The van der Waals surface area contributed by atoms with Crippen molar-refractivity contribution in [2.45, 2.75) is 212 Å². The molecule has 3 aromatic carbocycles. The van der Waals surface area contributed by atoms with E-state index in [0.717, 1.165) is 27.6 Å². The van der Waals surface area contributed by atoms with Crippen molar-refractivity contribution in [3.8, 4) is 0 Å². The van der Waals surface area contributed by atoms with Crippen LogP contribution in [-0.4, -0.2) is 22.8 Å². The van der Waals surface area contributed by atoms with Gasteiger partial charge in [-0.15, -0.1) is 0 Å². The number of pyridine rings is 1. The summed E-state index contributed by atoms with van der Waals surface area (Å²) in [6.07, 6.45) is 5.71. The molecule has 0 aliphatic rings. The fourth-order valence-electron chi connectivity index (χ4n) is 7.99. The van der Waals surface area contributed by atoms with Crippen molar-refractivity contribution in [2.75, 3.05) is 0 Å². The van der Waals surface area contributed by atoms with Gasteiger partial charge in [0.2, 0.25) is 0 Å². The number of rotatable bonds is 10. The predicted molar refractivity (Wildman–Crippen MR) is 286 cm³/mol. The number of halogens is 1. The van der Waals surface area contributed by atoms with Crippen LogP contribution in [0, 0.1) is 13.8 Å². The Hall–Kier alpha value is -3.76. The molecule has 0 fully saturated rings. The first kappa shape index (κ1) is 58.3. The molecular weight excluding hydrogens is 797 g/mol. The van der Waals surface area contributed by atoms with Crippen molar-refractivity contribution in [1.29, 1.82) is 0 Å². The van der Waals surface area contributed by atoms with E-state index in [1.54, 1.807) is 0 Å². The quantitative estimate of drug-likeness (QED) is 0.131. The van der Waals surface area contributed by atoms with Gasteiger partial charge in [0.05, 0.1) is 17.1 Å². The molecule has 0 saturated heterocycles. The topological polar surface area (TPSA) is 38.7 Å². The SMILES string of the molecule is CC(C)c1ccc(Cl)cc1C(C)C.CC(C)c1ccncc1C(C)C.Cc1cccc(C(C)C)c1C(C)C.Cc1cnc(C(C)C)c(C(C)C)n1.[B]c1ccc(C(C)C)c(C(C)C)c1. The average Bonchev–Trinajstić information content (AvgIpc) is 3.21. The molecule has 0 spiro atoms. The van der Waals surface area contributed by atoms with E-state index in [0.29, 0.717) is 59.2 Å². The third kappa shape index (κ3) is 19.0. The van der Waals surface area contributed by atoms with Gasteiger partial charge < -0.3 is 0 Å². The Labute approximate surface area is 400 Å². The van der Waals surface area contributed by atoms with Crippen molar-refractivity contribution < 1.29 is 0 Å². The second-order valence-electron chi connectivity index (χ2n) is 20.6. The Kier molecular flexibility index (Phi) is 25.8. The standard InChI is InChI=1S/C13H20.C12H17B.C12H17Cl.C11H18N2.C11H17N/c1-9(2)12-8-6-7-11(5)13(12)10(3)4;2*1-8(2)11-6-5-10(13)7-12(11)9(3)4;1-7(2)10-11(8(3)4)13-9(5)6-12-10;1-8(2)10-5-6-12-7-11(10)9(3)4/h6-10H,1-5H3;2*5-9H,1-4H3;6-8H,1-5H3;5-9H,1-4H3. The van der Waals surface area contributed by atoms with Gasteiger partial charge in [-0.1, -0.05) is 198 Å². The lowest BCUT2D eigenvalue weighted by atomic mass is 9.85. The summed E-state index contributed by atoms with van der Waals surface area (Å²) in [5.41, 5.74) is 17.1. The monoisotopic (exact) mass is 886 g/mol. The van der Waals surface area contributed by atoms with Crippen LogP contribution in [-0.2, 0) is 0 Å². The maximum absolute atomic E-state index is 5.97. The van der Waals surface area contributed by atoms with E-state index >= 15 is 0 Å². The highest BCUT2D eigenvalue weighted by atomic mass is 35.5. The smallest absolute Gasteiger partial charge is 0.113 e. The summed E-state index contributed by atoms with van der Waals surface area (Å²) in [5, 5.41) is 0.841. The van der Waals surface area contributed by atoms with Gasteiger partial charge in [0.15, 0.2) is 0 Å². The van der Waals surface area contributed by atoms with Gasteiger partial charge in [-0.25, -0.2) is 0 Å². The second-order valence-corrected chi connectivity index (χ2v) is 21.0. The van der Waals surface area contributed by atoms with Gasteiger partial charge in [-0.2, -0.15) is 0 Å². The zero-order chi connectivity index (χ0) is 49.2. The van der Waals surface area contributed by atoms with Crippen LogP contribution in [0.25, 0.3) is 0 Å². The first-order chi connectivity index (χ1) is 29.7. The first-order valence-electron chi connectivity index (χ1n) is 24.3. The third-order valence-electron chi connectivity index (χ3n) is 11.4. The average molecular weight is 887 g/mol. The fourth-order valence-corrected chi connectivity index (χ4v) is 8.17. The van der Waals surface area contributed by atoms with E-state index in [1.807, 2.05) is 37.6 Å². The summed E-state index contributed by atoms with van der Waals surface area (Å²) in [6.45, 7) is 48.5. The zero-order valence-corrected chi connectivity index (χ0v) is 45.3. The molecule has 2 heterocycles. The molecule has 2 aromatic heterocycles. The molecule has 0 aliphatic heterocycles. The van der Waals surface area contributed by atoms with Crippen molar-refractivity contribution in [2.24, 2.45) is 0 Å². The van der Waals surface area contributed by atoms with Crippen LogP contribution in [0.3, 0.4) is 0 Å². The Morgan fingerprint density at radius 2 is 0.875 bits per heavy atom. The molecule has 0 saturated carbocycles. The van der Waals surface area contributed by atoms with E-state index in [-0.39, 0.29) is 0 Å². The Morgan fingerprint density at radius 3 is 1.30 bits per heavy atom. The van der Waals surface area contributed by atoms with E-state index in [1.165, 1.54) is 50.1 Å². The zero-order valence-electron chi connectivity index (χ0n) is 44.6. The van der Waals surface area contributed by atoms with Gasteiger partial charge in [0.1, 0.15) is 7.85 Å². The maximum Gasteiger partial charge on any atom is 0.113 e. The highest BCUT2D eigenvalue weighted by molar-refractivity contribution is 6.32. The molecule has 5 heteroatoms. The molecule has 350 valence electrons. The number of aromatic nitrogens is 3. The summed E-state index contributed by atoms with van der Waals surface area (Å²) in [4.78, 5) is 13.1. The van der Waals surface area contributed by atoms with Gasteiger partial charge in [0, 0.05) is 23.6 Å². The van der Waals surface area contributed by atoms with Crippen LogP contribution in [0.1, 0.15) is 265 Å². The van der Waals surface area contributed by atoms with Gasteiger partial charge in [0.25, 0.3) is 0 Å². The normalized spacial score (nSPS) is 11.3. The van der Waals surface area contributed by atoms with Gasteiger partial charge >= 0.3 is 0 Å². The Bertz CT molecular complexity index is 1920. The summed E-state index contributed by atoms with van der Waals surface area (Å²) in [5.74, 6) is 5.65. The van der Waals surface area contributed by atoms with E-state index in [4.69, 9.17) is 19.4 Å². The van der Waals surface area contributed by atoms with Crippen molar-refractivity contribution in [3.63, 3.8) is 0 Å². The number of hydrogen-bond acceptors (Lipinski definition) is 3. The molecule has 0 atom stereocenters. The lowest BCUT2D eigenvalue weighted by Crippen LogP contribution is -2.08. The highest BCUT2D eigenvalue weighted by Crippen LogP contribution is 2.30. The third-order valence-corrected chi connectivity index (χ3v) is 11.6. The number of hydrogen-bond donors (Lipinski definition) is 0. The van der Waals surface area contributed by atoms with Crippen molar-refractivity contribution >= 4 is 24.9 Å². The minimum atomic E-state index is 0.463. The van der Waals surface area contributed by atoms with Crippen molar-refractivity contribution in [1.82, 2.24) is 15.0 Å². The molecule has 0 N–H and O–H groups in total. The molecule has 0 amide bonds. The summed E-state index contributed by atoms with van der Waals surface area (Å²) >= 11 is 5.97. The van der Waals surface area contributed by atoms with Gasteiger partial charge in [-0.05, 0) is 141 Å². The molecule has 5 aromatic rings. The fraction of sp³-hybridized carbons (Fsp3) is 0.542. The Morgan fingerprint density at radius 1 is 0.422 bits per heavy atom. The molecule has 0 bridgehead atoms. The number of benzene rings is 3. The van der Waals surface area contributed by atoms with E-state index in [2.05, 4.69) is 209 Å². The molecule has 64 heavy (non-hydrogen) atoms. The van der Waals surface area contributed by atoms with Crippen LogP contribution in [0.5, 0.6) is 0 Å². The summed E-state index contributed by atoms with van der Waals surface area (Å²) < 4.78 is 0. The lowest BCUT2D eigenvalue weighted by molar-refractivity contribution is 0.720. The summed E-state index contributed by atoms with van der Waals surface area (Å²) in [7, 11) is 5.77. The van der Waals surface area contributed by atoms with Crippen LogP contribution >= 0.6 is 11.6 Å². The molecule has 3 nitrogen and oxygen atoms in total. The highest BCUT2D eigenvalue weighted by Gasteiger charge is 2.14. The molecule has 0 aliphatic carbocycles. The van der Waals surface area contributed by atoms with E-state index < -0.39 is 0 Å². The van der Waals surface area contributed by atoms with Crippen LogP contribution in [0.15, 0.2) is 79.3 Å². The molecule has 5 rings (SSSR count). The van der Waals surface area contributed by atoms with Crippen LogP contribution < -0.4 is 5.46 Å². The van der Waals surface area contributed by atoms with Gasteiger partial charge in [-0.3, -0.25) is 15.0 Å². The molecular formula is C59H89BClN3. The van der Waals surface area contributed by atoms with Crippen LogP contribution in [0.2, 0.25) is 5.02 Å². The predicted octanol–water partition coefficient (Wildman–Crippen LogP) is 17.9. The maximum atomic E-state index is 5.97. The van der Waals surface area contributed by atoms with E-state index in [9.17, 15) is 0 Å². The number of nitrogens with zero attached hydrogens (tertiary/aromatic N) is 3. The first-order valence-corrected chi connectivity index (χ1v) is 24.7. The molecule has 0 unspecified atom stereocenters. The summed E-state index contributed by atoms with van der Waals surface area (Å²) in [6, 6.07) is 21.2. The second kappa shape index (κ2) is 28.3. The van der Waals surface area contributed by atoms with Crippen molar-refractivity contribution in [3.05, 3.63) is 151 Å². The minimum absolute atomic E-state index is 0.463. The molecule has 2 radical (unpaired) electrons.